The van der Waals surface area contributed by atoms with Crippen molar-refractivity contribution in [1.29, 1.82) is 0 Å². The van der Waals surface area contributed by atoms with E-state index >= 15 is 0 Å². The molecule has 0 aromatic carbocycles. The monoisotopic (exact) mass is 730 g/mol. The molecule has 10 atom stereocenters. The van der Waals surface area contributed by atoms with Crippen LogP contribution in [-0.2, 0) is 49.4 Å². The van der Waals surface area contributed by atoms with Crippen LogP contribution in [0.2, 0.25) is 0 Å². The highest BCUT2D eigenvalue weighted by atomic mass is 16.6. The number of esters is 1. The summed E-state index contributed by atoms with van der Waals surface area (Å²) in [6.45, 7) is 21.3. The molecule has 0 amide bonds. The average Bonchev–Trinajstić information content (AvgIpc) is 3.53. The minimum Gasteiger partial charge on any atom is -0.466 e. The van der Waals surface area contributed by atoms with Gasteiger partial charge in [0.15, 0.2) is 12.4 Å². The van der Waals surface area contributed by atoms with Gasteiger partial charge in [-0.1, -0.05) is 13.8 Å². The Bertz CT molecular complexity index is 1240. The molecule has 2 saturated heterocycles. The highest BCUT2D eigenvalue weighted by Crippen LogP contribution is 2.37. The number of carbonyl (C=O) groups excluding carboxylic acids is 2. The normalized spacial score (nSPS) is 31.3. The Morgan fingerprint density at radius 1 is 0.843 bits per heavy atom. The minimum atomic E-state index is -1.54. The van der Waals surface area contributed by atoms with Gasteiger partial charge >= 0.3 is 5.97 Å². The third-order valence-corrected chi connectivity index (χ3v) is 9.89. The Morgan fingerprint density at radius 2 is 1.43 bits per heavy atom. The summed E-state index contributed by atoms with van der Waals surface area (Å²) in [5.74, 6) is -0.406. The minimum absolute atomic E-state index is 0.0109. The first-order valence-corrected chi connectivity index (χ1v) is 17.8. The molecule has 0 aliphatic carbocycles. The molecule has 294 valence electrons. The third kappa shape index (κ3) is 10.8. The lowest BCUT2D eigenvalue weighted by molar-refractivity contribution is -0.294. The van der Waals surface area contributed by atoms with Gasteiger partial charge in [0, 0.05) is 0 Å². The lowest BCUT2D eigenvalue weighted by atomic mass is 9.85. The summed E-state index contributed by atoms with van der Waals surface area (Å²) in [5, 5.41) is 44.8. The highest BCUT2D eigenvalue weighted by Gasteiger charge is 2.56. The topological polar surface area (TPSA) is 193 Å². The van der Waals surface area contributed by atoms with Gasteiger partial charge in [0.25, 0.3) is 0 Å². The molecule has 3 rings (SSSR count). The van der Waals surface area contributed by atoms with E-state index < -0.39 is 89.4 Å². The molecule has 0 spiro atoms. The van der Waals surface area contributed by atoms with Gasteiger partial charge in [-0.15, -0.1) is 0 Å². The molecule has 4 N–H and O–H groups in total. The maximum atomic E-state index is 13.4. The summed E-state index contributed by atoms with van der Waals surface area (Å²) in [6, 6.07) is 3.31. The number of rotatable bonds is 17. The van der Waals surface area contributed by atoms with Crippen molar-refractivity contribution in [2.24, 2.45) is 5.92 Å². The summed E-state index contributed by atoms with van der Waals surface area (Å²) < 4.78 is 47.5. The van der Waals surface area contributed by atoms with E-state index in [0.717, 1.165) is 0 Å². The van der Waals surface area contributed by atoms with Crippen LogP contribution in [0.5, 0.6) is 0 Å². The second-order valence-corrected chi connectivity index (χ2v) is 16.4. The van der Waals surface area contributed by atoms with Gasteiger partial charge in [-0.25, -0.2) is 4.79 Å². The van der Waals surface area contributed by atoms with Crippen LogP contribution >= 0.6 is 0 Å². The predicted octanol–water partition coefficient (Wildman–Crippen LogP) is 2.87. The zero-order chi connectivity index (χ0) is 38.7. The molecular weight excluding hydrogens is 668 g/mol. The summed E-state index contributed by atoms with van der Waals surface area (Å²) in [4.78, 5) is 25.6. The maximum Gasteiger partial charge on any atom is 0.338 e. The molecule has 51 heavy (non-hydrogen) atoms. The van der Waals surface area contributed by atoms with Crippen molar-refractivity contribution in [3.63, 3.8) is 0 Å². The summed E-state index contributed by atoms with van der Waals surface area (Å²) in [7, 11) is 0. The van der Waals surface area contributed by atoms with Gasteiger partial charge in [0.05, 0.1) is 41.4 Å². The van der Waals surface area contributed by atoms with Gasteiger partial charge in [0.1, 0.15) is 67.3 Å². The van der Waals surface area contributed by atoms with E-state index in [-0.39, 0.29) is 31.7 Å². The Hall–Kier alpha value is -1.98. The van der Waals surface area contributed by atoms with E-state index in [9.17, 15) is 30.0 Å². The second-order valence-electron chi connectivity index (χ2n) is 16.4. The SMILES string of the molecule is CC(C)OC(C)(C)C1OC(C=O)[C@@H](OC(C)(C)CCOC(C)(C)C2OC(C(=O)OCc3ccco3)[C@@H](OC(C)(C)C(C)C)C(O)C2O)C(O)C1O. The Labute approximate surface area is 302 Å². The third-order valence-electron chi connectivity index (χ3n) is 9.89. The Balaban J connectivity index is 1.71. The molecule has 3 heterocycles. The highest BCUT2D eigenvalue weighted by molar-refractivity contribution is 5.76. The van der Waals surface area contributed by atoms with E-state index in [0.29, 0.717) is 12.0 Å². The molecule has 8 unspecified atom stereocenters. The largest absolute Gasteiger partial charge is 0.466 e. The molecule has 1 aromatic rings. The van der Waals surface area contributed by atoms with Crippen LogP contribution in [-0.4, -0.2) is 129 Å². The first kappa shape index (κ1) is 43.4. The molecule has 0 radical (unpaired) electrons. The molecule has 1 aromatic heterocycles. The van der Waals surface area contributed by atoms with Crippen molar-refractivity contribution in [1.82, 2.24) is 0 Å². The average molecular weight is 731 g/mol. The number of aldehydes is 1. The van der Waals surface area contributed by atoms with Crippen LogP contribution in [0.3, 0.4) is 0 Å². The fraction of sp³-hybridized carbons (Fsp3) is 0.838. The predicted molar refractivity (Wildman–Crippen MR) is 184 cm³/mol. The van der Waals surface area contributed by atoms with Crippen LogP contribution in [0.15, 0.2) is 22.8 Å². The van der Waals surface area contributed by atoms with Crippen molar-refractivity contribution in [3.8, 4) is 0 Å². The number of hydrogen-bond donors (Lipinski definition) is 4. The lowest BCUT2D eigenvalue weighted by Crippen LogP contribution is -2.67. The molecule has 2 aliphatic heterocycles. The Kier molecular flexibility index (Phi) is 14.5. The zero-order valence-corrected chi connectivity index (χ0v) is 32.2. The summed E-state index contributed by atoms with van der Waals surface area (Å²) in [5.41, 5.74) is -4.08. The standard InChI is InChI=1S/C37H62O14/c1-20(2)35(7,8)51-29-25(40)27(42)31(48-30(29)33(43)45-19-22-14-13-16-44-22)36(9,10)46-17-15-34(5,6)50-28-23(18-38)47-32(26(41)24(28)39)37(11,12)49-21(3)4/h13-14,16,18,20-21,23-32,39-42H,15,17,19H2,1-12H3/t23?,24?,25?,26?,27?,28-,29+,30?,31?,32?/m1/s1. The summed E-state index contributed by atoms with van der Waals surface area (Å²) >= 11 is 0. The van der Waals surface area contributed by atoms with Crippen molar-refractivity contribution >= 4 is 12.3 Å². The van der Waals surface area contributed by atoms with Gasteiger partial charge < -0.3 is 62.8 Å². The van der Waals surface area contributed by atoms with E-state index in [1.807, 2.05) is 41.5 Å². The summed E-state index contributed by atoms with van der Waals surface area (Å²) in [6.07, 6.45) is -11.1. The van der Waals surface area contributed by atoms with E-state index in [2.05, 4.69) is 0 Å². The second kappa shape index (κ2) is 17.0. The number of hydrogen-bond acceptors (Lipinski definition) is 14. The smallest absolute Gasteiger partial charge is 0.338 e. The zero-order valence-electron chi connectivity index (χ0n) is 32.2. The van der Waals surface area contributed by atoms with Crippen LogP contribution in [0.1, 0.15) is 95.3 Å². The van der Waals surface area contributed by atoms with Crippen LogP contribution in [0, 0.1) is 5.92 Å². The molecule has 2 aliphatic rings. The van der Waals surface area contributed by atoms with E-state index in [1.54, 1.807) is 53.7 Å². The fourth-order valence-electron chi connectivity index (χ4n) is 6.33. The van der Waals surface area contributed by atoms with E-state index in [4.69, 9.17) is 37.6 Å². The van der Waals surface area contributed by atoms with Gasteiger partial charge in [-0.3, -0.25) is 0 Å². The molecule has 0 saturated carbocycles. The van der Waals surface area contributed by atoms with Crippen molar-refractivity contribution in [3.05, 3.63) is 24.2 Å². The maximum absolute atomic E-state index is 13.4. The molecule has 2 fully saturated rings. The first-order valence-electron chi connectivity index (χ1n) is 17.8. The van der Waals surface area contributed by atoms with Gasteiger partial charge in [0.2, 0.25) is 0 Å². The molecular formula is C37H62O14. The van der Waals surface area contributed by atoms with Crippen LogP contribution in [0.4, 0.5) is 0 Å². The quantitative estimate of drug-likeness (QED) is 0.135. The first-order chi connectivity index (χ1) is 23.4. The number of furan rings is 1. The number of aliphatic hydroxyl groups is 4. The lowest BCUT2D eigenvalue weighted by Gasteiger charge is -2.49. The fourth-order valence-corrected chi connectivity index (χ4v) is 6.33. The molecule has 0 bridgehead atoms. The molecule has 14 nitrogen and oxygen atoms in total. The molecule has 14 heteroatoms. The van der Waals surface area contributed by atoms with E-state index in [1.165, 1.54) is 6.26 Å². The van der Waals surface area contributed by atoms with Gasteiger partial charge in [-0.05, 0) is 93.7 Å². The van der Waals surface area contributed by atoms with Crippen LogP contribution < -0.4 is 0 Å². The number of carbonyl (C=O) groups is 2. The van der Waals surface area contributed by atoms with Gasteiger partial charge in [-0.2, -0.15) is 0 Å². The van der Waals surface area contributed by atoms with Crippen LogP contribution in [0.25, 0.3) is 0 Å². The number of aliphatic hydroxyl groups excluding tert-OH is 4. The number of ether oxygens (including phenoxy) is 7. The Morgan fingerprint density at radius 3 is 1.96 bits per heavy atom. The van der Waals surface area contributed by atoms with Crippen molar-refractivity contribution in [2.75, 3.05) is 6.61 Å². The van der Waals surface area contributed by atoms with Crippen molar-refractivity contribution in [2.45, 2.75) is 186 Å². The van der Waals surface area contributed by atoms with Crippen molar-refractivity contribution < 1.29 is 67.6 Å².